The summed E-state index contributed by atoms with van der Waals surface area (Å²) in [4.78, 5) is 6.97. The number of benzene rings is 2. The maximum Gasteiger partial charge on any atom is 0.165 e. The number of ether oxygens (including phenoxy) is 1. The highest BCUT2D eigenvalue weighted by molar-refractivity contribution is 6.30. The molecule has 168 valence electrons. The summed E-state index contributed by atoms with van der Waals surface area (Å²) < 4.78 is 19.3. The highest BCUT2D eigenvalue weighted by Crippen LogP contribution is 2.24. The Labute approximate surface area is 194 Å². The topological polar surface area (TPSA) is 37.4 Å². The molecule has 6 heteroatoms. The average molecular weight is 454 g/mol. The van der Waals surface area contributed by atoms with Crippen molar-refractivity contribution in [1.82, 2.24) is 15.2 Å². The van der Waals surface area contributed by atoms with Crippen molar-refractivity contribution < 1.29 is 9.13 Å². The lowest BCUT2D eigenvalue weighted by molar-refractivity contribution is 0.151. The third-order valence-corrected chi connectivity index (χ3v) is 6.26. The summed E-state index contributed by atoms with van der Waals surface area (Å²) in [5.74, 6) is 0.632. The summed E-state index contributed by atoms with van der Waals surface area (Å²) in [5.41, 5.74) is 2.17. The molecule has 0 radical (unpaired) electrons. The Balaban J connectivity index is 1.25. The molecule has 2 aromatic carbocycles. The number of piperidine rings is 1. The van der Waals surface area contributed by atoms with Gasteiger partial charge in [0.15, 0.2) is 11.6 Å². The minimum absolute atomic E-state index is 0.0423. The summed E-state index contributed by atoms with van der Waals surface area (Å²) in [7, 11) is 0. The zero-order chi connectivity index (χ0) is 22.2. The number of likely N-dealkylation sites (tertiary alicyclic amines) is 1. The number of para-hydroxylation sites is 1. The van der Waals surface area contributed by atoms with E-state index in [4.69, 9.17) is 16.3 Å². The van der Waals surface area contributed by atoms with Gasteiger partial charge in [-0.05, 0) is 80.4 Å². The molecule has 0 amide bonds. The number of nitrogens with zero attached hydrogens (tertiary/aromatic N) is 2. The molecule has 32 heavy (non-hydrogen) atoms. The minimum Gasteiger partial charge on any atom is -0.489 e. The number of hydrogen-bond donors (Lipinski definition) is 1. The van der Waals surface area contributed by atoms with E-state index in [-0.39, 0.29) is 11.9 Å². The van der Waals surface area contributed by atoms with E-state index in [9.17, 15) is 4.39 Å². The van der Waals surface area contributed by atoms with Crippen LogP contribution in [0.2, 0.25) is 5.02 Å². The molecule has 4 nitrogen and oxygen atoms in total. The molecule has 0 saturated carbocycles. The number of rotatable bonds is 9. The van der Waals surface area contributed by atoms with Crippen LogP contribution in [0.4, 0.5) is 4.39 Å². The molecule has 1 aromatic heterocycles. The summed E-state index contributed by atoms with van der Waals surface area (Å²) in [6, 6.07) is 20.6. The first-order valence-corrected chi connectivity index (χ1v) is 11.6. The lowest BCUT2D eigenvalue weighted by atomic mass is 9.95. The zero-order valence-corrected chi connectivity index (χ0v) is 18.8. The van der Waals surface area contributed by atoms with Crippen LogP contribution in [0.25, 0.3) is 0 Å². The molecule has 3 aromatic rings. The molecule has 1 aliphatic rings. The van der Waals surface area contributed by atoms with Gasteiger partial charge in [0, 0.05) is 17.8 Å². The van der Waals surface area contributed by atoms with Crippen molar-refractivity contribution in [2.45, 2.75) is 18.9 Å². The van der Waals surface area contributed by atoms with Crippen LogP contribution in [-0.2, 0) is 0 Å². The van der Waals surface area contributed by atoms with Gasteiger partial charge in [-0.3, -0.25) is 9.88 Å². The molecule has 1 unspecified atom stereocenters. The monoisotopic (exact) mass is 453 g/mol. The van der Waals surface area contributed by atoms with E-state index in [0.717, 1.165) is 55.3 Å². The first kappa shape index (κ1) is 22.7. The maximum atomic E-state index is 13.7. The van der Waals surface area contributed by atoms with Gasteiger partial charge in [0.2, 0.25) is 0 Å². The molecule has 2 heterocycles. The van der Waals surface area contributed by atoms with Crippen molar-refractivity contribution in [1.29, 1.82) is 0 Å². The van der Waals surface area contributed by atoms with Gasteiger partial charge in [0.05, 0.1) is 11.7 Å². The standard InChI is InChI=1S/C26H29ClFN3O/c27-22-10-8-21(9-11-22)26(24-6-3-4-14-29-24)30-19-20-12-15-31(16-13-20)17-18-32-25-7-2-1-5-23(25)28/h1-11,14,20,26,30H,12-13,15-19H2. The second-order valence-electron chi connectivity index (χ2n) is 8.21. The molecule has 4 rings (SSSR count). The molecule has 0 spiro atoms. The molecule has 0 bridgehead atoms. The van der Waals surface area contributed by atoms with Gasteiger partial charge in [-0.15, -0.1) is 0 Å². The Kier molecular flexibility index (Phi) is 8.10. The largest absolute Gasteiger partial charge is 0.489 e. The van der Waals surface area contributed by atoms with Crippen LogP contribution in [-0.4, -0.2) is 42.7 Å². The molecule has 0 aliphatic carbocycles. The second-order valence-corrected chi connectivity index (χ2v) is 8.65. The third-order valence-electron chi connectivity index (χ3n) is 6.01. The maximum absolute atomic E-state index is 13.7. The van der Waals surface area contributed by atoms with Crippen LogP contribution in [0.1, 0.15) is 30.1 Å². The minimum atomic E-state index is -0.305. The van der Waals surface area contributed by atoms with E-state index in [1.165, 1.54) is 6.07 Å². The van der Waals surface area contributed by atoms with Crippen molar-refractivity contribution in [2.75, 3.05) is 32.8 Å². The molecular weight excluding hydrogens is 425 g/mol. The first-order valence-electron chi connectivity index (χ1n) is 11.2. The second kappa shape index (κ2) is 11.4. The normalized spacial score (nSPS) is 16.1. The van der Waals surface area contributed by atoms with Gasteiger partial charge in [-0.1, -0.05) is 41.9 Å². The molecule has 1 fully saturated rings. The van der Waals surface area contributed by atoms with E-state index in [0.29, 0.717) is 18.3 Å². The van der Waals surface area contributed by atoms with E-state index < -0.39 is 0 Å². The van der Waals surface area contributed by atoms with Crippen molar-refractivity contribution >= 4 is 11.6 Å². The van der Waals surface area contributed by atoms with Gasteiger partial charge in [0.1, 0.15) is 6.61 Å². The number of halogens is 2. The van der Waals surface area contributed by atoms with Gasteiger partial charge >= 0.3 is 0 Å². The van der Waals surface area contributed by atoms with Crippen LogP contribution < -0.4 is 10.1 Å². The van der Waals surface area contributed by atoms with Crippen molar-refractivity contribution in [3.8, 4) is 5.75 Å². The van der Waals surface area contributed by atoms with E-state index in [1.807, 2.05) is 30.5 Å². The van der Waals surface area contributed by atoms with Crippen LogP contribution in [0.15, 0.2) is 72.9 Å². The van der Waals surface area contributed by atoms with Crippen LogP contribution in [0, 0.1) is 11.7 Å². The van der Waals surface area contributed by atoms with Crippen molar-refractivity contribution in [3.63, 3.8) is 0 Å². The summed E-state index contributed by atoms with van der Waals surface area (Å²) in [6.07, 6.45) is 4.09. The molecule has 1 atom stereocenters. The highest BCUT2D eigenvalue weighted by Gasteiger charge is 2.22. The molecule has 1 N–H and O–H groups in total. The van der Waals surface area contributed by atoms with E-state index >= 15 is 0 Å². The van der Waals surface area contributed by atoms with Gasteiger partial charge < -0.3 is 10.1 Å². The number of aromatic nitrogens is 1. The number of pyridine rings is 1. The molecule has 1 aliphatic heterocycles. The Morgan fingerprint density at radius 1 is 1.03 bits per heavy atom. The van der Waals surface area contributed by atoms with Gasteiger partial charge in [-0.25, -0.2) is 4.39 Å². The Hall–Kier alpha value is -2.47. The summed E-state index contributed by atoms with van der Waals surface area (Å²) >= 11 is 6.09. The average Bonchev–Trinajstić information content (AvgIpc) is 2.83. The first-order chi connectivity index (χ1) is 15.7. The highest BCUT2D eigenvalue weighted by atomic mass is 35.5. The Bertz CT molecular complexity index is 962. The lowest BCUT2D eigenvalue weighted by Crippen LogP contribution is -2.40. The quantitative estimate of drug-likeness (QED) is 0.474. The Morgan fingerprint density at radius 3 is 2.50 bits per heavy atom. The molecule has 1 saturated heterocycles. The van der Waals surface area contributed by atoms with Crippen LogP contribution >= 0.6 is 11.6 Å². The van der Waals surface area contributed by atoms with E-state index in [2.05, 4.69) is 33.4 Å². The van der Waals surface area contributed by atoms with Gasteiger partial charge in [0.25, 0.3) is 0 Å². The smallest absolute Gasteiger partial charge is 0.165 e. The lowest BCUT2D eigenvalue weighted by Gasteiger charge is -2.33. The van der Waals surface area contributed by atoms with Crippen LogP contribution in [0.3, 0.4) is 0 Å². The molecular formula is C26H29ClFN3O. The van der Waals surface area contributed by atoms with Crippen LogP contribution in [0.5, 0.6) is 5.75 Å². The fourth-order valence-corrected chi connectivity index (χ4v) is 4.27. The number of nitrogens with one attached hydrogen (secondary N) is 1. The summed E-state index contributed by atoms with van der Waals surface area (Å²) in [5, 5.41) is 4.47. The Morgan fingerprint density at radius 2 is 1.78 bits per heavy atom. The van der Waals surface area contributed by atoms with Crippen molar-refractivity contribution in [2.24, 2.45) is 5.92 Å². The fraction of sp³-hybridized carbons (Fsp3) is 0.346. The number of hydrogen-bond acceptors (Lipinski definition) is 4. The predicted molar refractivity (Wildman–Crippen MR) is 127 cm³/mol. The summed E-state index contributed by atoms with van der Waals surface area (Å²) in [6.45, 7) is 4.31. The zero-order valence-electron chi connectivity index (χ0n) is 18.1. The SMILES string of the molecule is Fc1ccccc1OCCN1CCC(CNC(c2ccc(Cl)cc2)c2ccccn2)CC1. The predicted octanol–water partition coefficient (Wildman–Crippen LogP) is 5.34. The van der Waals surface area contributed by atoms with Gasteiger partial charge in [-0.2, -0.15) is 0 Å². The van der Waals surface area contributed by atoms with Crippen molar-refractivity contribution in [3.05, 3.63) is 95.0 Å². The van der Waals surface area contributed by atoms with E-state index in [1.54, 1.807) is 18.2 Å². The third kappa shape index (κ3) is 6.28. The fourth-order valence-electron chi connectivity index (χ4n) is 4.14.